The zero-order valence-corrected chi connectivity index (χ0v) is 41.9. The smallest absolute Gasteiger partial charge is 0.187 e. The van der Waals surface area contributed by atoms with E-state index in [-0.39, 0.29) is 13.2 Å². The maximum Gasteiger partial charge on any atom is 0.187 e. The number of rotatable bonds is 35. The Bertz CT molecular complexity index is 1240. The summed E-state index contributed by atoms with van der Waals surface area (Å²) in [6.45, 7) is -1.99. The van der Waals surface area contributed by atoms with Crippen LogP contribution in [0.3, 0.4) is 0 Å². The van der Waals surface area contributed by atoms with Gasteiger partial charge in [-0.1, -0.05) is 111 Å². The summed E-state index contributed by atoms with van der Waals surface area (Å²) in [6, 6.07) is 0. The van der Waals surface area contributed by atoms with Gasteiger partial charge in [-0.05, 0) is 25.7 Å². The van der Waals surface area contributed by atoms with Gasteiger partial charge in [0.1, 0.15) is 97.7 Å². The molecule has 0 aromatic heterocycles. The third kappa shape index (κ3) is 19.4. The van der Waals surface area contributed by atoms with Gasteiger partial charge in [0.15, 0.2) is 25.2 Å². The highest BCUT2D eigenvalue weighted by atomic mass is 33.1. The molecular formula is C46H86O22S2. The van der Waals surface area contributed by atoms with Gasteiger partial charge >= 0.3 is 0 Å². The molecule has 0 spiro atoms. The first-order chi connectivity index (χ1) is 33.8. The topological polar surface area (TPSA) is 357 Å². The molecule has 24 heteroatoms. The van der Waals surface area contributed by atoms with Gasteiger partial charge in [-0.3, -0.25) is 0 Å². The number of aliphatic hydroxyl groups is 14. The average molecular weight is 1060 g/mol. The summed E-state index contributed by atoms with van der Waals surface area (Å²) in [6.07, 6.45) is -9.55. The molecule has 22 nitrogen and oxygen atoms in total. The monoisotopic (exact) mass is 1050 g/mol. The highest BCUT2D eigenvalue weighted by Crippen LogP contribution is 2.32. The zero-order valence-electron chi connectivity index (χ0n) is 40.3. The molecule has 414 valence electrons. The third-order valence-electron chi connectivity index (χ3n) is 13.3. The van der Waals surface area contributed by atoms with Gasteiger partial charge in [-0.2, -0.15) is 0 Å². The van der Waals surface area contributed by atoms with E-state index in [4.69, 9.17) is 37.9 Å². The SMILES string of the molecule is OC[C@H]1O[C@@H](O[C@H]2[C@H](O)[C@@H](O)[C@H](OCCCCCCCCCCCSSCCCCCCCCCCCO[C@@H]3O[C@H](CO)[C@@H](O[C@@H]4O[C@H](CO)[C@@H](O)[C@H](O)[C@H]4O)[C@H](O)[C@H]3O)O[C@@H]2CO)[C@H](O)[C@@H](O)[C@@H]1O. The molecule has 0 unspecified atom stereocenters. The van der Waals surface area contributed by atoms with Gasteiger partial charge in [0.05, 0.1) is 26.4 Å². The van der Waals surface area contributed by atoms with Crippen molar-refractivity contribution < 1.29 is 109 Å². The Morgan fingerprint density at radius 1 is 0.286 bits per heavy atom. The predicted octanol–water partition coefficient (Wildman–Crippen LogP) is -1.33. The molecule has 70 heavy (non-hydrogen) atoms. The van der Waals surface area contributed by atoms with Crippen molar-refractivity contribution in [3.8, 4) is 0 Å². The number of unbranched alkanes of at least 4 members (excludes halogenated alkanes) is 16. The van der Waals surface area contributed by atoms with Crippen LogP contribution in [0.5, 0.6) is 0 Å². The van der Waals surface area contributed by atoms with Gasteiger partial charge < -0.3 is 109 Å². The number of hydrogen-bond donors (Lipinski definition) is 14. The van der Waals surface area contributed by atoms with E-state index in [0.29, 0.717) is 0 Å². The van der Waals surface area contributed by atoms with E-state index in [2.05, 4.69) is 0 Å². The van der Waals surface area contributed by atoms with Crippen molar-refractivity contribution in [2.45, 2.75) is 238 Å². The molecular weight excluding hydrogens is 969 g/mol. The van der Waals surface area contributed by atoms with E-state index >= 15 is 0 Å². The van der Waals surface area contributed by atoms with Crippen molar-refractivity contribution in [2.75, 3.05) is 51.1 Å². The lowest BCUT2D eigenvalue weighted by Gasteiger charge is -2.45. The standard InChI is InChI=1S/C46H86O22S2/c47-23-27-31(51)33(53)37(57)45(63-27)67-41-29(25-49)65-43(39(59)35(41)55)61-19-15-11-7-3-1-5-9-13-17-21-69-70-22-18-14-10-6-2-4-8-12-16-20-62-44-40(60)36(56)42(30(26-50)66-44)68-46-38(58)34(54)32(52)28(24-48)64-46/h27-60H,1-26H2/t27-,28-,29-,30-,31-,32-,33+,34+,35-,36-,37-,38-,39-,40-,41-,42-,43-,44-,45+,46+/m1/s1. The lowest BCUT2D eigenvalue weighted by molar-refractivity contribution is -0.359. The van der Waals surface area contributed by atoms with Crippen LogP contribution in [0.2, 0.25) is 0 Å². The van der Waals surface area contributed by atoms with Crippen molar-refractivity contribution >= 4 is 21.6 Å². The van der Waals surface area contributed by atoms with Crippen LogP contribution in [0.15, 0.2) is 0 Å². The van der Waals surface area contributed by atoms with Crippen LogP contribution in [-0.4, -0.2) is 245 Å². The van der Waals surface area contributed by atoms with Crippen molar-refractivity contribution in [2.24, 2.45) is 0 Å². The second-order valence-electron chi connectivity index (χ2n) is 18.8. The minimum Gasteiger partial charge on any atom is -0.394 e. The summed E-state index contributed by atoms with van der Waals surface area (Å²) in [5.74, 6) is 2.33. The maximum atomic E-state index is 10.8. The average Bonchev–Trinajstić information content (AvgIpc) is 3.36. The molecule has 0 bridgehead atoms. The van der Waals surface area contributed by atoms with Gasteiger partial charge in [0.25, 0.3) is 0 Å². The van der Waals surface area contributed by atoms with E-state index in [1.807, 2.05) is 21.6 Å². The molecule has 4 aliphatic heterocycles. The molecule has 0 amide bonds. The van der Waals surface area contributed by atoms with E-state index in [1.54, 1.807) is 0 Å². The first kappa shape index (κ1) is 62.4. The molecule has 4 saturated heterocycles. The Kier molecular flexibility index (Phi) is 30.7. The summed E-state index contributed by atoms with van der Waals surface area (Å²) < 4.78 is 44.5. The highest BCUT2D eigenvalue weighted by Gasteiger charge is 2.52. The lowest BCUT2D eigenvalue weighted by atomic mass is 9.97. The first-order valence-electron chi connectivity index (χ1n) is 25.4. The molecule has 0 saturated carbocycles. The van der Waals surface area contributed by atoms with Crippen LogP contribution in [0, 0.1) is 0 Å². The summed E-state index contributed by atoms with van der Waals surface area (Å²) in [4.78, 5) is 0. The highest BCUT2D eigenvalue weighted by molar-refractivity contribution is 8.76. The summed E-state index contributed by atoms with van der Waals surface area (Å²) in [7, 11) is 3.93. The summed E-state index contributed by atoms with van der Waals surface area (Å²) in [5.41, 5.74) is 0. The van der Waals surface area contributed by atoms with Gasteiger partial charge in [0.2, 0.25) is 0 Å². The third-order valence-corrected chi connectivity index (χ3v) is 15.9. The molecule has 0 aromatic rings. The van der Waals surface area contributed by atoms with Crippen molar-refractivity contribution in [3.63, 3.8) is 0 Å². The van der Waals surface area contributed by atoms with Crippen molar-refractivity contribution in [3.05, 3.63) is 0 Å². The van der Waals surface area contributed by atoms with Crippen LogP contribution in [0.25, 0.3) is 0 Å². The van der Waals surface area contributed by atoms with E-state index in [0.717, 1.165) is 51.4 Å². The summed E-state index contributed by atoms with van der Waals surface area (Å²) in [5, 5.41) is 142. The van der Waals surface area contributed by atoms with Gasteiger partial charge in [-0.15, -0.1) is 0 Å². The maximum absolute atomic E-state index is 10.8. The molecule has 4 rings (SSSR count). The second kappa shape index (κ2) is 34.5. The fourth-order valence-electron chi connectivity index (χ4n) is 8.90. The Hall–Kier alpha value is -0.180. The zero-order chi connectivity index (χ0) is 51.0. The molecule has 0 aliphatic carbocycles. The van der Waals surface area contributed by atoms with E-state index in [1.165, 1.54) is 75.7 Å². The van der Waals surface area contributed by atoms with Crippen LogP contribution >= 0.6 is 21.6 Å². The molecule has 20 atom stereocenters. The Morgan fingerprint density at radius 3 is 0.871 bits per heavy atom. The molecule has 14 N–H and O–H groups in total. The minimum absolute atomic E-state index is 0.280. The molecule has 0 aromatic carbocycles. The van der Waals surface area contributed by atoms with Gasteiger partial charge in [-0.25, -0.2) is 0 Å². The Balaban J connectivity index is 0.883. The van der Waals surface area contributed by atoms with Crippen LogP contribution in [0.4, 0.5) is 0 Å². The largest absolute Gasteiger partial charge is 0.394 e. The lowest BCUT2D eigenvalue weighted by Crippen LogP contribution is -2.64. The van der Waals surface area contributed by atoms with Crippen LogP contribution in [-0.2, 0) is 37.9 Å². The van der Waals surface area contributed by atoms with E-state index in [9.17, 15) is 71.5 Å². The van der Waals surface area contributed by atoms with Crippen LogP contribution in [0.1, 0.15) is 116 Å². The van der Waals surface area contributed by atoms with Crippen molar-refractivity contribution in [1.29, 1.82) is 0 Å². The number of hydrogen-bond acceptors (Lipinski definition) is 24. The van der Waals surface area contributed by atoms with E-state index < -0.39 is 149 Å². The summed E-state index contributed by atoms with van der Waals surface area (Å²) >= 11 is 0. The first-order valence-corrected chi connectivity index (χ1v) is 27.9. The number of ether oxygens (including phenoxy) is 8. The molecule has 4 fully saturated rings. The van der Waals surface area contributed by atoms with Gasteiger partial charge in [0, 0.05) is 24.7 Å². The minimum atomic E-state index is -1.72. The molecule has 4 heterocycles. The predicted molar refractivity (Wildman–Crippen MR) is 253 cm³/mol. The normalized spacial score (nSPS) is 38.3. The number of aliphatic hydroxyl groups excluding tert-OH is 14. The molecule has 0 radical (unpaired) electrons. The Morgan fingerprint density at radius 2 is 0.557 bits per heavy atom. The second-order valence-corrected chi connectivity index (χ2v) is 21.5. The Labute approximate surface area is 419 Å². The molecule has 4 aliphatic rings. The van der Waals surface area contributed by atoms with Crippen molar-refractivity contribution in [1.82, 2.24) is 0 Å². The van der Waals surface area contributed by atoms with Crippen LogP contribution < -0.4 is 0 Å². The fraction of sp³-hybridized carbons (Fsp3) is 1.00. The quantitative estimate of drug-likeness (QED) is 0.0258. The fourth-order valence-corrected chi connectivity index (χ4v) is 11.2.